The SMILES string of the molecule is CCOc1ccccc1-c1nc2c(s1)CCCC2=O. The molecule has 1 aromatic carbocycles. The van der Waals surface area contributed by atoms with Gasteiger partial charge < -0.3 is 4.74 Å². The molecule has 3 nitrogen and oxygen atoms in total. The lowest BCUT2D eigenvalue weighted by Gasteiger charge is -2.07. The van der Waals surface area contributed by atoms with E-state index in [0.717, 1.165) is 34.0 Å². The smallest absolute Gasteiger partial charge is 0.182 e. The topological polar surface area (TPSA) is 39.2 Å². The number of aromatic nitrogens is 1. The fourth-order valence-corrected chi connectivity index (χ4v) is 3.46. The molecule has 4 heteroatoms. The van der Waals surface area contributed by atoms with Gasteiger partial charge in [-0.05, 0) is 31.9 Å². The van der Waals surface area contributed by atoms with E-state index in [2.05, 4.69) is 4.98 Å². The maximum Gasteiger partial charge on any atom is 0.182 e. The van der Waals surface area contributed by atoms with E-state index in [0.29, 0.717) is 18.7 Å². The highest BCUT2D eigenvalue weighted by atomic mass is 32.1. The Morgan fingerprint density at radius 1 is 1.32 bits per heavy atom. The van der Waals surface area contributed by atoms with Crippen LogP contribution in [0.3, 0.4) is 0 Å². The minimum Gasteiger partial charge on any atom is -0.493 e. The van der Waals surface area contributed by atoms with Crippen molar-refractivity contribution in [3.05, 3.63) is 34.8 Å². The van der Waals surface area contributed by atoms with Crippen LogP contribution in [0, 0.1) is 0 Å². The first-order valence-corrected chi connectivity index (χ1v) is 7.36. The van der Waals surface area contributed by atoms with Gasteiger partial charge in [0.15, 0.2) is 5.78 Å². The Hall–Kier alpha value is -1.68. The Balaban J connectivity index is 2.05. The number of hydrogen-bond acceptors (Lipinski definition) is 4. The molecule has 3 rings (SSSR count). The lowest BCUT2D eigenvalue weighted by molar-refractivity contribution is 0.0968. The Bertz CT molecular complexity index is 618. The summed E-state index contributed by atoms with van der Waals surface area (Å²) in [6, 6.07) is 7.87. The highest BCUT2D eigenvalue weighted by Crippen LogP contribution is 2.36. The van der Waals surface area contributed by atoms with Crippen LogP contribution in [0.15, 0.2) is 24.3 Å². The van der Waals surface area contributed by atoms with Gasteiger partial charge in [0.2, 0.25) is 0 Å². The molecular formula is C15H15NO2S. The molecule has 1 aromatic heterocycles. The molecule has 0 fully saturated rings. The molecule has 19 heavy (non-hydrogen) atoms. The average molecular weight is 273 g/mol. The number of carbonyl (C=O) groups excluding carboxylic acids is 1. The number of rotatable bonds is 3. The summed E-state index contributed by atoms with van der Waals surface area (Å²) in [4.78, 5) is 17.5. The van der Waals surface area contributed by atoms with Crippen LogP contribution in [-0.2, 0) is 6.42 Å². The fraction of sp³-hybridized carbons (Fsp3) is 0.333. The largest absolute Gasteiger partial charge is 0.493 e. The van der Waals surface area contributed by atoms with Crippen LogP contribution in [0.4, 0.5) is 0 Å². The molecular weight excluding hydrogens is 258 g/mol. The van der Waals surface area contributed by atoms with E-state index in [1.807, 2.05) is 31.2 Å². The van der Waals surface area contributed by atoms with Gasteiger partial charge in [-0.1, -0.05) is 12.1 Å². The highest BCUT2D eigenvalue weighted by molar-refractivity contribution is 7.15. The summed E-state index contributed by atoms with van der Waals surface area (Å²) in [5.41, 5.74) is 1.66. The van der Waals surface area contributed by atoms with E-state index in [9.17, 15) is 4.79 Å². The first kappa shape index (κ1) is 12.4. The second kappa shape index (κ2) is 5.13. The van der Waals surface area contributed by atoms with E-state index in [1.165, 1.54) is 0 Å². The number of ether oxygens (including phenoxy) is 1. The first-order chi connectivity index (χ1) is 9.29. The maximum absolute atomic E-state index is 11.9. The quantitative estimate of drug-likeness (QED) is 0.855. The Morgan fingerprint density at radius 3 is 2.95 bits per heavy atom. The number of thiazole rings is 1. The molecule has 2 aromatic rings. The van der Waals surface area contributed by atoms with Gasteiger partial charge in [-0.2, -0.15) is 0 Å². The third-order valence-corrected chi connectivity index (χ3v) is 4.33. The predicted molar refractivity (Wildman–Crippen MR) is 76.0 cm³/mol. The summed E-state index contributed by atoms with van der Waals surface area (Å²) in [6.07, 6.45) is 2.54. The third-order valence-electron chi connectivity index (χ3n) is 3.19. The second-order valence-corrected chi connectivity index (χ2v) is 5.58. The highest BCUT2D eigenvalue weighted by Gasteiger charge is 2.23. The normalized spacial score (nSPS) is 14.3. The summed E-state index contributed by atoms with van der Waals surface area (Å²) < 4.78 is 5.63. The van der Waals surface area contributed by atoms with E-state index in [1.54, 1.807) is 11.3 Å². The molecule has 0 saturated heterocycles. The van der Waals surface area contributed by atoms with Crippen LogP contribution in [0.2, 0.25) is 0 Å². The Morgan fingerprint density at radius 2 is 2.16 bits per heavy atom. The molecule has 0 aliphatic heterocycles. The van der Waals surface area contributed by atoms with Crippen LogP contribution >= 0.6 is 11.3 Å². The standard InChI is InChI=1S/C15H15NO2S/c1-2-18-12-8-4-3-6-10(12)15-16-14-11(17)7-5-9-13(14)19-15/h3-4,6,8H,2,5,7,9H2,1H3. The molecule has 1 aliphatic carbocycles. The van der Waals surface area contributed by atoms with Gasteiger partial charge in [0.05, 0.1) is 12.2 Å². The van der Waals surface area contributed by atoms with Crippen molar-refractivity contribution in [2.45, 2.75) is 26.2 Å². The lowest BCUT2D eigenvalue weighted by atomic mass is 10.0. The number of hydrogen-bond donors (Lipinski definition) is 0. The summed E-state index contributed by atoms with van der Waals surface area (Å²) in [5, 5.41) is 0.893. The first-order valence-electron chi connectivity index (χ1n) is 6.54. The van der Waals surface area contributed by atoms with Gasteiger partial charge in [-0.3, -0.25) is 4.79 Å². The van der Waals surface area contributed by atoms with E-state index >= 15 is 0 Å². The van der Waals surface area contributed by atoms with Gasteiger partial charge in [-0.25, -0.2) is 4.98 Å². The summed E-state index contributed by atoms with van der Waals surface area (Å²) in [5.74, 6) is 1.01. The van der Waals surface area contributed by atoms with Crippen molar-refractivity contribution in [3.63, 3.8) is 0 Å². The van der Waals surface area contributed by atoms with Gasteiger partial charge in [-0.15, -0.1) is 11.3 Å². The van der Waals surface area contributed by atoms with Crippen molar-refractivity contribution in [1.29, 1.82) is 0 Å². The van der Waals surface area contributed by atoms with Crippen molar-refractivity contribution in [1.82, 2.24) is 4.98 Å². The number of ketones is 1. The number of nitrogens with zero attached hydrogens (tertiary/aromatic N) is 1. The monoisotopic (exact) mass is 273 g/mol. The van der Waals surface area contributed by atoms with Crippen molar-refractivity contribution in [3.8, 4) is 16.3 Å². The number of para-hydroxylation sites is 1. The zero-order valence-electron chi connectivity index (χ0n) is 10.8. The third kappa shape index (κ3) is 2.28. The van der Waals surface area contributed by atoms with Gasteiger partial charge >= 0.3 is 0 Å². The van der Waals surface area contributed by atoms with Gasteiger partial charge in [0.25, 0.3) is 0 Å². The predicted octanol–water partition coefficient (Wildman–Crippen LogP) is 3.73. The van der Waals surface area contributed by atoms with Gasteiger partial charge in [0, 0.05) is 11.3 Å². The number of carbonyl (C=O) groups is 1. The van der Waals surface area contributed by atoms with Crippen molar-refractivity contribution < 1.29 is 9.53 Å². The minimum atomic E-state index is 0.178. The number of fused-ring (bicyclic) bond motifs is 1. The van der Waals surface area contributed by atoms with Crippen LogP contribution in [0.5, 0.6) is 5.75 Å². The van der Waals surface area contributed by atoms with E-state index < -0.39 is 0 Å². The molecule has 1 heterocycles. The molecule has 1 aliphatic rings. The molecule has 0 saturated carbocycles. The minimum absolute atomic E-state index is 0.178. The van der Waals surface area contributed by atoms with Crippen molar-refractivity contribution in [2.75, 3.05) is 6.61 Å². The van der Waals surface area contributed by atoms with Crippen LogP contribution in [-0.4, -0.2) is 17.4 Å². The molecule has 0 radical (unpaired) electrons. The molecule has 98 valence electrons. The molecule has 0 atom stereocenters. The fourth-order valence-electron chi connectivity index (χ4n) is 2.31. The van der Waals surface area contributed by atoms with E-state index in [4.69, 9.17) is 4.74 Å². The van der Waals surface area contributed by atoms with Crippen LogP contribution in [0.25, 0.3) is 10.6 Å². The molecule has 0 bridgehead atoms. The maximum atomic E-state index is 11.9. The van der Waals surface area contributed by atoms with E-state index in [-0.39, 0.29) is 5.78 Å². The summed E-state index contributed by atoms with van der Waals surface area (Å²) in [6.45, 7) is 2.59. The molecule has 0 spiro atoms. The average Bonchev–Trinajstić information content (AvgIpc) is 2.85. The number of Topliss-reactive ketones (excluding diaryl/α,β-unsaturated/α-hetero) is 1. The molecule has 0 amide bonds. The number of benzene rings is 1. The Kier molecular flexibility index (Phi) is 3.34. The zero-order chi connectivity index (χ0) is 13.2. The molecule has 0 unspecified atom stereocenters. The number of aryl methyl sites for hydroxylation is 1. The summed E-state index contributed by atoms with van der Waals surface area (Å²) >= 11 is 1.62. The molecule has 0 N–H and O–H groups in total. The van der Waals surface area contributed by atoms with Gasteiger partial charge in [0.1, 0.15) is 16.5 Å². The second-order valence-electron chi connectivity index (χ2n) is 4.50. The summed E-state index contributed by atoms with van der Waals surface area (Å²) in [7, 11) is 0. The van der Waals surface area contributed by atoms with Crippen LogP contribution in [0.1, 0.15) is 35.1 Å². The lowest BCUT2D eigenvalue weighted by Crippen LogP contribution is -2.08. The zero-order valence-corrected chi connectivity index (χ0v) is 11.6. The van der Waals surface area contributed by atoms with Crippen molar-refractivity contribution in [2.24, 2.45) is 0 Å². The van der Waals surface area contributed by atoms with Crippen LogP contribution < -0.4 is 4.74 Å². The van der Waals surface area contributed by atoms with Crippen molar-refractivity contribution >= 4 is 17.1 Å². The Labute approximate surface area is 116 Å².